The molecule has 1 amide bonds. The summed E-state index contributed by atoms with van der Waals surface area (Å²) in [4.78, 5) is 26.0. The lowest BCUT2D eigenvalue weighted by Crippen LogP contribution is -2.32. The number of rotatable bonds is 5. The van der Waals surface area contributed by atoms with Crippen molar-refractivity contribution in [2.75, 3.05) is 6.26 Å². The number of hydrogen-bond acceptors (Lipinski definition) is 4. The number of ketones is 1. The molecule has 1 aliphatic rings. The largest absolute Gasteiger partial charge is 0.331 e. The van der Waals surface area contributed by atoms with E-state index in [1.165, 1.54) is 0 Å². The molecule has 2 aromatic carbocycles. The van der Waals surface area contributed by atoms with Crippen molar-refractivity contribution < 1.29 is 18.0 Å². The number of aromatic nitrogens is 1. The fourth-order valence-electron chi connectivity index (χ4n) is 3.86. The van der Waals surface area contributed by atoms with Crippen LogP contribution in [0.5, 0.6) is 0 Å². The SMILES string of the molecule is Cc1ccc(Cn2c(C(=O)NS(C)(=O)=O)c(C3=CC=CCC3=O)c3cc(Cl)ccc32)cc1. The topological polar surface area (TPSA) is 85.2 Å². The van der Waals surface area contributed by atoms with E-state index in [1.54, 1.807) is 41.0 Å². The van der Waals surface area contributed by atoms with Gasteiger partial charge in [0.2, 0.25) is 10.0 Å². The fourth-order valence-corrected chi connectivity index (χ4v) is 4.46. The second-order valence-electron chi connectivity index (χ2n) is 7.80. The Morgan fingerprint density at radius 2 is 1.88 bits per heavy atom. The fraction of sp³-hybridized carbons (Fsp3) is 0.167. The third-order valence-electron chi connectivity index (χ3n) is 5.25. The zero-order valence-electron chi connectivity index (χ0n) is 17.6. The first-order valence-corrected chi connectivity index (χ1v) is 12.2. The molecule has 0 saturated heterocycles. The van der Waals surface area contributed by atoms with Gasteiger partial charge in [0.15, 0.2) is 5.78 Å². The molecule has 0 radical (unpaired) electrons. The molecule has 0 saturated carbocycles. The number of benzene rings is 2. The van der Waals surface area contributed by atoms with Gasteiger partial charge in [-0.3, -0.25) is 9.59 Å². The molecule has 4 rings (SSSR count). The monoisotopic (exact) mass is 468 g/mol. The quantitative estimate of drug-likeness (QED) is 0.606. The first-order valence-electron chi connectivity index (χ1n) is 9.94. The summed E-state index contributed by atoms with van der Waals surface area (Å²) in [6.07, 6.45) is 6.25. The molecule has 0 fully saturated rings. The third-order valence-corrected chi connectivity index (χ3v) is 6.04. The number of allylic oxidation sites excluding steroid dienone is 4. The molecule has 32 heavy (non-hydrogen) atoms. The van der Waals surface area contributed by atoms with Crippen molar-refractivity contribution in [3.8, 4) is 0 Å². The molecule has 1 aliphatic carbocycles. The molecule has 1 heterocycles. The number of sulfonamides is 1. The minimum atomic E-state index is -3.83. The zero-order chi connectivity index (χ0) is 23.0. The van der Waals surface area contributed by atoms with Crippen LogP contribution in [-0.4, -0.2) is 30.9 Å². The number of carbonyl (C=O) groups is 2. The highest BCUT2D eigenvalue weighted by molar-refractivity contribution is 7.89. The summed E-state index contributed by atoms with van der Waals surface area (Å²) in [5.41, 5.74) is 3.52. The van der Waals surface area contributed by atoms with E-state index in [-0.39, 0.29) is 17.9 Å². The van der Waals surface area contributed by atoms with Crippen molar-refractivity contribution in [2.24, 2.45) is 0 Å². The van der Waals surface area contributed by atoms with Gasteiger partial charge in [0, 0.05) is 40.0 Å². The van der Waals surface area contributed by atoms with Gasteiger partial charge >= 0.3 is 0 Å². The zero-order valence-corrected chi connectivity index (χ0v) is 19.1. The van der Waals surface area contributed by atoms with Crippen LogP contribution in [-0.2, 0) is 21.4 Å². The Labute approximate surface area is 191 Å². The van der Waals surface area contributed by atoms with Gasteiger partial charge in [0.05, 0.1) is 6.26 Å². The number of hydrogen-bond donors (Lipinski definition) is 1. The normalized spacial score (nSPS) is 14.0. The second-order valence-corrected chi connectivity index (χ2v) is 9.98. The first-order chi connectivity index (χ1) is 15.1. The van der Waals surface area contributed by atoms with E-state index in [9.17, 15) is 18.0 Å². The Hall–Kier alpha value is -3.16. The van der Waals surface area contributed by atoms with Crippen LogP contribution in [0.2, 0.25) is 5.02 Å². The standard InChI is InChI=1S/C24H21ClN2O4S/c1-15-7-9-16(10-8-15)14-27-20-12-11-17(25)13-19(20)22(18-5-3-4-6-21(18)28)23(27)24(29)26-32(2,30)31/h3-5,7-13H,6,14H2,1-2H3,(H,26,29). The molecule has 1 N–H and O–H groups in total. The van der Waals surface area contributed by atoms with Crippen LogP contribution in [0.15, 0.2) is 60.7 Å². The average molecular weight is 469 g/mol. The van der Waals surface area contributed by atoms with Gasteiger partial charge in [-0.15, -0.1) is 0 Å². The van der Waals surface area contributed by atoms with E-state index < -0.39 is 15.9 Å². The number of fused-ring (bicyclic) bond motifs is 1. The molecule has 0 spiro atoms. The minimum Gasteiger partial charge on any atom is -0.331 e. The van der Waals surface area contributed by atoms with Crippen LogP contribution in [0.3, 0.4) is 0 Å². The lowest BCUT2D eigenvalue weighted by atomic mass is 9.93. The number of Topliss-reactive ketones (excluding diaryl/α,β-unsaturated/α-hetero) is 1. The molecule has 3 aromatic rings. The smallest absolute Gasteiger partial charge is 0.282 e. The van der Waals surface area contributed by atoms with Crippen molar-refractivity contribution in [3.05, 3.63) is 88.1 Å². The molecular formula is C24H21ClN2O4S. The molecule has 8 heteroatoms. The number of carbonyl (C=O) groups excluding carboxylic acids is 2. The molecule has 0 bridgehead atoms. The van der Waals surface area contributed by atoms with E-state index in [0.29, 0.717) is 33.6 Å². The lowest BCUT2D eigenvalue weighted by molar-refractivity contribution is -0.113. The molecule has 0 atom stereocenters. The van der Waals surface area contributed by atoms with Crippen LogP contribution >= 0.6 is 11.6 Å². The first kappa shape index (κ1) is 22.0. The van der Waals surface area contributed by atoms with Crippen LogP contribution in [0.4, 0.5) is 0 Å². The highest BCUT2D eigenvalue weighted by Crippen LogP contribution is 2.36. The summed E-state index contributed by atoms with van der Waals surface area (Å²) in [7, 11) is -3.83. The summed E-state index contributed by atoms with van der Waals surface area (Å²) in [6.45, 7) is 2.29. The van der Waals surface area contributed by atoms with Crippen LogP contribution in [0, 0.1) is 6.92 Å². The summed E-state index contributed by atoms with van der Waals surface area (Å²) in [5, 5.41) is 1.05. The molecule has 6 nitrogen and oxygen atoms in total. The third kappa shape index (κ3) is 4.40. The van der Waals surface area contributed by atoms with Crippen molar-refractivity contribution in [3.63, 3.8) is 0 Å². The van der Waals surface area contributed by atoms with Gasteiger partial charge in [-0.1, -0.05) is 59.7 Å². The lowest BCUT2D eigenvalue weighted by Gasteiger charge is -2.14. The Morgan fingerprint density at radius 1 is 1.16 bits per heavy atom. The number of halogens is 1. The predicted molar refractivity (Wildman–Crippen MR) is 126 cm³/mol. The Balaban J connectivity index is 2.04. The number of nitrogens with one attached hydrogen (secondary N) is 1. The Kier molecular flexibility index (Phi) is 5.79. The Bertz CT molecular complexity index is 1410. The molecule has 0 aliphatic heterocycles. The van der Waals surface area contributed by atoms with Gasteiger partial charge in [0.1, 0.15) is 5.69 Å². The number of nitrogens with zero attached hydrogens (tertiary/aromatic N) is 1. The molecule has 0 unspecified atom stereocenters. The van der Waals surface area contributed by atoms with Crippen molar-refractivity contribution >= 4 is 49.8 Å². The van der Waals surface area contributed by atoms with E-state index in [4.69, 9.17) is 11.6 Å². The highest BCUT2D eigenvalue weighted by Gasteiger charge is 2.29. The molecule has 1 aromatic heterocycles. The van der Waals surface area contributed by atoms with Gasteiger partial charge in [-0.2, -0.15) is 0 Å². The van der Waals surface area contributed by atoms with E-state index in [0.717, 1.165) is 17.4 Å². The summed E-state index contributed by atoms with van der Waals surface area (Å²) < 4.78 is 27.6. The van der Waals surface area contributed by atoms with E-state index >= 15 is 0 Å². The van der Waals surface area contributed by atoms with Gasteiger partial charge < -0.3 is 4.57 Å². The van der Waals surface area contributed by atoms with Crippen LogP contribution in [0.25, 0.3) is 16.5 Å². The summed E-state index contributed by atoms with van der Waals surface area (Å²) in [6, 6.07) is 13.0. The van der Waals surface area contributed by atoms with E-state index in [2.05, 4.69) is 4.72 Å². The van der Waals surface area contributed by atoms with Crippen LogP contribution in [0.1, 0.15) is 33.6 Å². The van der Waals surface area contributed by atoms with Crippen molar-refractivity contribution in [1.82, 2.24) is 9.29 Å². The van der Waals surface area contributed by atoms with Gasteiger partial charge in [-0.25, -0.2) is 13.1 Å². The number of amides is 1. The second kappa shape index (κ2) is 8.41. The molecular weight excluding hydrogens is 448 g/mol. The maximum atomic E-state index is 13.2. The maximum Gasteiger partial charge on any atom is 0.282 e. The molecule has 164 valence electrons. The van der Waals surface area contributed by atoms with Crippen molar-refractivity contribution in [2.45, 2.75) is 19.9 Å². The Morgan fingerprint density at radius 3 is 2.53 bits per heavy atom. The summed E-state index contributed by atoms with van der Waals surface area (Å²) >= 11 is 6.27. The van der Waals surface area contributed by atoms with Gasteiger partial charge in [-0.05, 0) is 30.7 Å². The highest BCUT2D eigenvalue weighted by atomic mass is 35.5. The maximum absolute atomic E-state index is 13.2. The van der Waals surface area contributed by atoms with Crippen LogP contribution < -0.4 is 4.72 Å². The summed E-state index contributed by atoms with van der Waals surface area (Å²) in [5.74, 6) is -0.958. The van der Waals surface area contributed by atoms with Crippen molar-refractivity contribution in [1.29, 1.82) is 0 Å². The minimum absolute atomic E-state index is 0.100. The van der Waals surface area contributed by atoms with Gasteiger partial charge in [0.25, 0.3) is 5.91 Å². The average Bonchev–Trinajstić information content (AvgIpc) is 3.02. The predicted octanol–water partition coefficient (Wildman–Crippen LogP) is 4.25. The van der Waals surface area contributed by atoms with E-state index in [1.807, 2.05) is 31.2 Å². The number of aryl methyl sites for hydroxylation is 1.